The van der Waals surface area contributed by atoms with Crippen LogP contribution in [0.1, 0.15) is 22.3 Å². The Labute approximate surface area is 176 Å². The molecule has 1 fully saturated rings. The fraction of sp³-hybridized carbons (Fsp3) is 0.350. The van der Waals surface area contributed by atoms with Gasteiger partial charge in [-0.3, -0.25) is 9.88 Å². The molecule has 1 aromatic carbocycles. The fourth-order valence-corrected chi connectivity index (χ4v) is 3.37. The Balaban J connectivity index is 1.61. The van der Waals surface area contributed by atoms with Crippen molar-refractivity contribution < 1.29 is 22.7 Å². The van der Waals surface area contributed by atoms with Crippen molar-refractivity contribution in [1.82, 2.24) is 14.8 Å². The molecule has 2 heterocycles. The number of carbonyl (C=O) groups excluding carboxylic acids is 1. The molecule has 1 saturated heterocycles. The van der Waals surface area contributed by atoms with Gasteiger partial charge in [-0.05, 0) is 30.7 Å². The van der Waals surface area contributed by atoms with Gasteiger partial charge < -0.3 is 9.64 Å². The van der Waals surface area contributed by atoms with Crippen LogP contribution in [0.3, 0.4) is 0 Å². The Bertz CT molecular complexity index is 983. The van der Waals surface area contributed by atoms with Crippen LogP contribution in [-0.2, 0) is 12.7 Å². The van der Waals surface area contributed by atoms with E-state index in [1.54, 1.807) is 6.92 Å². The highest BCUT2D eigenvalue weighted by molar-refractivity contribution is 6.30. The summed E-state index contributed by atoms with van der Waals surface area (Å²) in [5, 5.41) is 9.28. The molecule has 2 aromatic rings. The molecule has 158 valence electrons. The Morgan fingerprint density at radius 2 is 1.97 bits per heavy atom. The minimum Gasteiger partial charge on any atom is -0.408 e. The topological polar surface area (TPSA) is 69.5 Å². The molecular formula is C20H18ClF3N4O2. The summed E-state index contributed by atoms with van der Waals surface area (Å²) in [6.45, 7) is 3.09. The van der Waals surface area contributed by atoms with E-state index >= 15 is 0 Å². The van der Waals surface area contributed by atoms with Crippen LogP contribution in [0.2, 0.25) is 5.02 Å². The number of pyridine rings is 1. The number of carbonyl (C=O) groups is 1. The van der Waals surface area contributed by atoms with Crippen molar-refractivity contribution in [3.63, 3.8) is 0 Å². The quantitative estimate of drug-likeness (QED) is 0.716. The summed E-state index contributed by atoms with van der Waals surface area (Å²) in [5.41, 5.74) is 0.211. The molecule has 30 heavy (non-hydrogen) atoms. The van der Waals surface area contributed by atoms with Crippen molar-refractivity contribution in [2.24, 2.45) is 0 Å². The fourth-order valence-electron chi connectivity index (χ4n) is 3.18. The normalized spacial score (nSPS) is 15.0. The van der Waals surface area contributed by atoms with E-state index in [2.05, 4.69) is 4.98 Å². The summed E-state index contributed by atoms with van der Waals surface area (Å²) >= 11 is 5.88. The molecule has 1 aliphatic heterocycles. The minimum absolute atomic E-state index is 0.0749. The summed E-state index contributed by atoms with van der Waals surface area (Å²) in [6, 6.07) is 5.50. The van der Waals surface area contributed by atoms with Crippen LogP contribution in [0.4, 0.5) is 18.0 Å². The van der Waals surface area contributed by atoms with Gasteiger partial charge in [0.2, 0.25) is 0 Å². The molecule has 1 aromatic heterocycles. The molecule has 0 saturated carbocycles. The van der Waals surface area contributed by atoms with Gasteiger partial charge in [0, 0.05) is 49.5 Å². The molecule has 0 atom stereocenters. The molecule has 0 N–H and O–H groups in total. The van der Waals surface area contributed by atoms with Crippen LogP contribution in [-0.4, -0.2) is 47.1 Å². The largest absolute Gasteiger partial charge is 0.416 e. The number of benzene rings is 1. The second kappa shape index (κ2) is 8.90. The van der Waals surface area contributed by atoms with E-state index in [1.807, 2.05) is 11.0 Å². The second-order valence-electron chi connectivity index (χ2n) is 6.85. The maximum Gasteiger partial charge on any atom is 0.416 e. The van der Waals surface area contributed by atoms with E-state index in [0.717, 1.165) is 6.07 Å². The Kier molecular flexibility index (Phi) is 6.48. The molecule has 1 aliphatic rings. The van der Waals surface area contributed by atoms with Crippen LogP contribution in [0.5, 0.6) is 5.75 Å². The summed E-state index contributed by atoms with van der Waals surface area (Å²) in [6.07, 6.45) is -2.30. The number of ether oxygens (including phenoxy) is 1. The van der Waals surface area contributed by atoms with Gasteiger partial charge in [-0.25, -0.2) is 4.79 Å². The molecule has 3 rings (SSSR count). The zero-order valence-corrected chi connectivity index (χ0v) is 16.8. The van der Waals surface area contributed by atoms with Crippen molar-refractivity contribution in [2.45, 2.75) is 19.6 Å². The zero-order chi connectivity index (χ0) is 21.9. The number of nitrogens with zero attached hydrogens (tertiary/aromatic N) is 4. The lowest BCUT2D eigenvalue weighted by Crippen LogP contribution is -2.49. The molecule has 1 amide bonds. The van der Waals surface area contributed by atoms with Gasteiger partial charge in [-0.2, -0.15) is 18.4 Å². The third kappa shape index (κ3) is 5.01. The third-order valence-electron chi connectivity index (χ3n) is 4.88. The molecule has 0 spiro atoms. The van der Waals surface area contributed by atoms with E-state index in [0.29, 0.717) is 37.3 Å². The summed E-state index contributed by atoms with van der Waals surface area (Å²) in [4.78, 5) is 19.6. The van der Waals surface area contributed by atoms with E-state index in [4.69, 9.17) is 21.6 Å². The van der Waals surface area contributed by atoms with Gasteiger partial charge in [0.15, 0.2) is 5.75 Å². The molecule has 6 nitrogen and oxygen atoms in total. The molecule has 0 aliphatic carbocycles. The first kappa shape index (κ1) is 21.9. The van der Waals surface area contributed by atoms with E-state index < -0.39 is 17.8 Å². The van der Waals surface area contributed by atoms with Crippen molar-refractivity contribution >= 4 is 17.7 Å². The summed E-state index contributed by atoms with van der Waals surface area (Å²) < 4.78 is 45.1. The third-order valence-corrected chi connectivity index (χ3v) is 5.12. The van der Waals surface area contributed by atoms with Crippen LogP contribution in [0, 0.1) is 18.3 Å². The van der Waals surface area contributed by atoms with Crippen LogP contribution < -0.4 is 4.74 Å². The van der Waals surface area contributed by atoms with Crippen molar-refractivity contribution in [3.8, 4) is 11.8 Å². The Morgan fingerprint density at radius 3 is 2.60 bits per heavy atom. The summed E-state index contributed by atoms with van der Waals surface area (Å²) in [5.74, 6) is 0.204. The van der Waals surface area contributed by atoms with E-state index in [9.17, 15) is 18.0 Å². The second-order valence-corrected chi connectivity index (χ2v) is 7.29. The highest BCUT2D eigenvalue weighted by atomic mass is 35.5. The van der Waals surface area contributed by atoms with Crippen LogP contribution in [0.15, 0.2) is 30.6 Å². The van der Waals surface area contributed by atoms with Crippen LogP contribution in [0.25, 0.3) is 0 Å². The average Bonchev–Trinajstić information content (AvgIpc) is 2.69. The predicted molar refractivity (Wildman–Crippen MR) is 103 cm³/mol. The smallest absolute Gasteiger partial charge is 0.408 e. The van der Waals surface area contributed by atoms with Gasteiger partial charge >= 0.3 is 12.3 Å². The molecular weight excluding hydrogens is 421 g/mol. The molecule has 10 heteroatoms. The van der Waals surface area contributed by atoms with Crippen molar-refractivity contribution in [2.75, 3.05) is 26.2 Å². The first-order valence-electron chi connectivity index (χ1n) is 9.08. The monoisotopic (exact) mass is 438 g/mol. The highest BCUT2D eigenvalue weighted by Gasteiger charge is 2.34. The first-order valence-corrected chi connectivity index (χ1v) is 9.46. The number of alkyl halides is 3. The number of piperazine rings is 1. The summed E-state index contributed by atoms with van der Waals surface area (Å²) in [7, 11) is 0. The van der Waals surface area contributed by atoms with E-state index in [-0.39, 0.29) is 22.9 Å². The molecule has 0 radical (unpaired) electrons. The standard InChI is InChI=1S/C20H18ClF3N4O2/c1-13-15(9-25)10-26-11-18(13)30-19(29)28-6-4-27(5-7-28)12-14-8-16(21)2-3-17(14)20(22,23)24/h2-3,8,10-11H,4-7,12H2,1H3. The first-order chi connectivity index (χ1) is 14.2. The van der Waals surface area contributed by atoms with Gasteiger partial charge in [-0.15, -0.1) is 0 Å². The lowest BCUT2D eigenvalue weighted by Gasteiger charge is -2.34. The maximum absolute atomic E-state index is 13.2. The van der Waals surface area contributed by atoms with Crippen molar-refractivity contribution in [3.05, 3.63) is 57.9 Å². The Hall–Kier alpha value is -2.83. The number of halogens is 4. The molecule has 0 bridgehead atoms. The lowest BCUT2D eigenvalue weighted by atomic mass is 10.1. The van der Waals surface area contributed by atoms with Gasteiger partial charge in [0.1, 0.15) is 6.07 Å². The predicted octanol–water partition coefficient (Wildman–Crippen LogP) is 4.25. The van der Waals surface area contributed by atoms with E-state index in [1.165, 1.54) is 29.4 Å². The average molecular weight is 439 g/mol. The highest BCUT2D eigenvalue weighted by Crippen LogP contribution is 2.34. The number of hydrogen-bond acceptors (Lipinski definition) is 5. The zero-order valence-electron chi connectivity index (χ0n) is 16.0. The van der Waals surface area contributed by atoms with Gasteiger partial charge in [-0.1, -0.05) is 11.6 Å². The minimum atomic E-state index is -4.46. The van der Waals surface area contributed by atoms with Crippen LogP contribution >= 0.6 is 11.6 Å². The number of nitriles is 1. The number of hydrogen-bond donors (Lipinski definition) is 0. The number of aromatic nitrogens is 1. The van der Waals surface area contributed by atoms with Gasteiger partial charge in [0.25, 0.3) is 0 Å². The van der Waals surface area contributed by atoms with Crippen molar-refractivity contribution in [1.29, 1.82) is 5.26 Å². The molecule has 0 unspecified atom stereocenters. The Morgan fingerprint density at radius 1 is 1.27 bits per heavy atom. The van der Waals surface area contributed by atoms with Gasteiger partial charge in [0.05, 0.1) is 17.3 Å². The number of rotatable bonds is 3. The SMILES string of the molecule is Cc1c(C#N)cncc1OC(=O)N1CCN(Cc2cc(Cl)ccc2C(F)(F)F)CC1. The lowest BCUT2D eigenvalue weighted by molar-refractivity contribution is -0.138. The maximum atomic E-state index is 13.2. The number of amides is 1.